The number of hydrogen-bond donors (Lipinski definition) is 2. The first-order chi connectivity index (χ1) is 9.56. The average molecular weight is 333 g/mol. The SMILES string of the molecule is CC1NCCCC1NC(=O)CSc1cc(Cl)ccc1Cl. The molecule has 1 aliphatic heterocycles. The highest BCUT2D eigenvalue weighted by molar-refractivity contribution is 8.00. The predicted molar refractivity (Wildman–Crippen MR) is 85.8 cm³/mol. The maximum absolute atomic E-state index is 12.0. The van der Waals surface area contributed by atoms with Crippen LogP contribution >= 0.6 is 35.0 Å². The molecule has 2 atom stereocenters. The van der Waals surface area contributed by atoms with Crippen molar-refractivity contribution in [2.45, 2.75) is 36.7 Å². The third-order valence-corrected chi connectivity index (χ3v) is 5.09. The number of amides is 1. The van der Waals surface area contributed by atoms with Gasteiger partial charge in [-0.3, -0.25) is 4.79 Å². The molecule has 0 aromatic heterocycles. The van der Waals surface area contributed by atoms with Gasteiger partial charge in [-0.1, -0.05) is 23.2 Å². The van der Waals surface area contributed by atoms with E-state index in [1.165, 1.54) is 11.8 Å². The second-order valence-electron chi connectivity index (χ2n) is 4.92. The molecule has 1 saturated heterocycles. The van der Waals surface area contributed by atoms with Crippen LogP contribution in [0.3, 0.4) is 0 Å². The highest BCUT2D eigenvalue weighted by Crippen LogP contribution is 2.29. The molecule has 0 spiro atoms. The summed E-state index contributed by atoms with van der Waals surface area (Å²) < 4.78 is 0. The smallest absolute Gasteiger partial charge is 0.230 e. The van der Waals surface area contributed by atoms with Gasteiger partial charge in [-0.25, -0.2) is 0 Å². The van der Waals surface area contributed by atoms with E-state index in [4.69, 9.17) is 23.2 Å². The first kappa shape index (κ1) is 16.0. The summed E-state index contributed by atoms with van der Waals surface area (Å²) in [5.74, 6) is 0.384. The Morgan fingerprint density at radius 1 is 1.50 bits per heavy atom. The Morgan fingerprint density at radius 3 is 3.05 bits per heavy atom. The minimum absolute atomic E-state index is 0.0339. The molecule has 20 heavy (non-hydrogen) atoms. The zero-order valence-corrected chi connectivity index (χ0v) is 13.6. The monoisotopic (exact) mass is 332 g/mol. The Hall–Kier alpha value is -0.420. The first-order valence-corrected chi connectivity index (χ1v) is 8.41. The molecule has 110 valence electrons. The highest BCUT2D eigenvalue weighted by atomic mass is 35.5. The minimum atomic E-state index is 0.0339. The fourth-order valence-electron chi connectivity index (χ4n) is 2.22. The number of carbonyl (C=O) groups is 1. The Balaban J connectivity index is 1.84. The number of thioether (sulfide) groups is 1. The topological polar surface area (TPSA) is 41.1 Å². The Kier molecular flexibility index (Phi) is 6.02. The summed E-state index contributed by atoms with van der Waals surface area (Å²) in [6.45, 7) is 3.13. The van der Waals surface area contributed by atoms with Crippen molar-refractivity contribution in [1.29, 1.82) is 0 Å². The van der Waals surface area contributed by atoms with E-state index in [9.17, 15) is 4.79 Å². The maximum atomic E-state index is 12.0. The second kappa shape index (κ2) is 7.55. The molecule has 0 radical (unpaired) electrons. The van der Waals surface area contributed by atoms with Crippen molar-refractivity contribution in [3.63, 3.8) is 0 Å². The van der Waals surface area contributed by atoms with Crippen molar-refractivity contribution in [2.75, 3.05) is 12.3 Å². The quantitative estimate of drug-likeness (QED) is 0.831. The van der Waals surface area contributed by atoms with Gasteiger partial charge in [0.15, 0.2) is 0 Å². The van der Waals surface area contributed by atoms with Gasteiger partial charge in [0.05, 0.1) is 10.8 Å². The van der Waals surface area contributed by atoms with Crippen LogP contribution in [-0.2, 0) is 4.79 Å². The van der Waals surface area contributed by atoms with E-state index in [1.807, 2.05) is 0 Å². The lowest BCUT2D eigenvalue weighted by atomic mass is 10.00. The summed E-state index contributed by atoms with van der Waals surface area (Å²) in [7, 11) is 0. The lowest BCUT2D eigenvalue weighted by Crippen LogP contribution is -2.52. The van der Waals surface area contributed by atoms with Crippen LogP contribution in [0.25, 0.3) is 0 Å². The Morgan fingerprint density at radius 2 is 2.30 bits per heavy atom. The Bertz CT molecular complexity index is 484. The van der Waals surface area contributed by atoms with Gasteiger partial charge in [-0.15, -0.1) is 11.8 Å². The molecule has 2 unspecified atom stereocenters. The van der Waals surface area contributed by atoms with Crippen molar-refractivity contribution in [1.82, 2.24) is 10.6 Å². The fraction of sp³-hybridized carbons (Fsp3) is 0.500. The highest BCUT2D eigenvalue weighted by Gasteiger charge is 2.22. The van der Waals surface area contributed by atoms with Crippen LogP contribution in [0.1, 0.15) is 19.8 Å². The number of nitrogens with one attached hydrogen (secondary N) is 2. The third-order valence-electron chi connectivity index (χ3n) is 3.36. The van der Waals surface area contributed by atoms with Gasteiger partial charge in [-0.05, 0) is 44.5 Å². The van der Waals surface area contributed by atoms with Crippen LogP contribution in [0.4, 0.5) is 0 Å². The fourth-order valence-corrected chi connectivity index (χ4v) is 3.52. The number of hydrogen-bond acceptors (Lipinski definition) is 3. The Labute approximate surface area is 133 Å². The number of piperidine rings is 1. The zero-order chi connectivity index (χ0) is 14.5. The third kappa shape index (κ3) is 4.55. The van der Waals surface area contributed by atoms with Gasteiger partial charge in [0, 0.05) is 22.0 Å². The lowest BCUT2D eigenvalue weighted by molar-refractivity contribution is -0.119. The van der Waals surface area contributed by atoms with Crippen LogP contribution in [-0.4, -0.2) is 30.3 Å². The summed E-state index contributed by atoms with van der Waals surface area (Å²) in [6, 6.07) is 5.81. The summed E-state index contributed by atoms with van der Waals surface area (Å²) in [6.07, 6.45) is 2.13. The van der Waals surface area contributed by atoms with Gasteiger partial charge in [-0.2, -0.15) is 0 Å². The number of halogens is 2. The number of benzene rings is 1. The van der Waals surface area contributed by atoms with Gasteiger partial charge < -0.3 is 10.6 Å². The van der Waals surface area contributed by atoms with Crippen LogP contribution in [0, 0.1) is 0 Å². The van der Waals surface area contributed by atoms with Crippen LogP contribution in [0.5, 0.6) is 0 Å². The first-order valence-electron chi connectivity index (χ1n) is 6.67. The van der Waals surface area contributed by atoms with Crippen molar-refractivity contribution in [3.05, 3.63) is 28.2 Å². The standard InChI is InChI=1S/C14H18Cl2N2OS/c1-9-12(3-2-6-17-9)18-14(19)8-20-13-7-10(15)4-5-11(13)16/h4-5,7,9,12,17H,2-3,6,8H2,1H3,(H,18,19). The number of rotatable bonds is 4. The molecular weight excluding hydrogens is 315 g/mol. The summed E-state index contributed by atoms with van der Waals surface area (Å²) in [5.41, 5.74) is 0. The molecule has 1 aliphatic rings. The molecule has 3 nitrogen and oxygen atoms in total. The molecule has 0 saturated carbocycles. The molecule has 1 aromatic carbocycles. The molecule has 2 rings (SSSR count). The summed E-state index contributed by atoms with van der Waals surface area (Å²) in [4.78, 5) is 12.8. The summed E-state index contributed by atoms with van der Waals surface area (Å²) >= 11 is 13.4. The van der Waals surface area contributed by atoms with Gasteiger partial charge >= 0.3 is 0 Å². The maximum Gasteiger partial charge on any atom is 0.230 e. The molecule has 1 aromatic rings. The van der Waals surface area contributed by atoms with Crippen LogP contribution in [0.15, 0.2) is 23.1 Å². The van der Waals surface area contributed by atoms with Crippen molar-refractivity contribution < 1.29 is 4.79 Å². The van der Waals surface area contributed by atoms with E-state index in [0.717, 1.165) is 24.3 Å². The molecule has 6 heteroatoms. The average Bonchev–Trinajstić information content (AvgIpc) is 2.42. The van der Waals surface area contributed by atoms with E-state index in [1.54, 1.807) is 18.2 Å². The van der Waals surface area contributed by atoms with Crippen molar-refractivity contribution >= 4 is 40.9 Å². The van der Waals surface area contributed by atoms with Crippen molar-refractivity contribution in [3.8, 4) is 0 Å². The van der Waals surface area contributed by atoms with Crippen LogP contribution in [0.2, 0.25) is 10.0 Å². The summed E-state index contributed by atoms with van der Waals surface area (Å²) in [5, 5.41) is 7.69. The zero-order valence-electron chi connectivity index (χ0n) is 11.3. The van der Waals surface area contributed by atoms with Gasteiger partial charge in [0.25, 0.3) is 0 Å². The minimum Gasteiger partial charge on any atom is -0.351 e. The van der Waals surface area contributed by atoms with E-state index in [2.05, 4.69) is 17.6 Å². The normalized spacial score (nSPS) is 22.6. The lowest BCUT2D eigenvalue weighted by Gasteiger charge is -2.30. The largest absolute Gasteiger partial charge is 0.351 e. The molecule has 0 aliphatic carbocycles. The number of carbonyl (C=O) groups excluding carboxylic acids is 1. The molecule has 0 bridgehead atoms. The van der Waals surface area contributed by atoms with E-state index >= 15 is 0 Å². The second-order valence-corrected chi connectivity index (χ2v) is 6.78. The molecule has 1 heterocycles. The van der Waals surface area contributed by atoms with Gasteiger partial charge in [0.2, 0.25) is 5.91 Å². The molecule has 1 fully saturated rings. The molecule has 2 N–H and O–H groups in total. The van der Waals surface area contributed by atoms with E-state index in [-0.39, 0.29) is 11.9 Å². The van der Waals surface area contributed by atoms with Crippen molar-refractivity contribution in [2.24, 2.45) is 0 Å². The van der Waals surface area contributed by atoms with Crippen LogP contribution < -0.4 is 10.6 Å². The molecule has 1 amide bonds. The van der Waals surface area contributed by atoms with Gasteiger partial charge in [0.1, 0.15) is 0 Å². The van der Waals surface area contributed by atoms with E-state index in [0.29, 0.717) is 21.8 Å². The van der Waals surface area contributed by atoms with E-state index < -0.39 is 0 Å². The molecular formula is C14H18Cl2N2OS. The predicted octanol–water partition coefficient (Wildman–Crippen LogP) is 3.34.